The summed E-state index contributed by atoms with van der Waals surface area (Å²) in [5.41, 5.74) is 2.46. The second-order valence-electron chi connectivity index (χ2n) is 1.45. The summed E-state index contributed by atoms with van der Waals surface area (Å²) >= 11 is 0. The van der Waals surface area contributed by atoms with Crippen LogP contribution in [0.4, 0.5) is 0 Å². The van der Waals surface area contributed by atoms with Crippen LogP contribution in [-0.2, 0) is 4.79 Å². The molecule has 0 aromatic rings. The number of carboxylic acid groups (broad SMARTS) is 1. The second kappa shape index (κ2) is 3.70. The SMILES string of the molecule is C=C=C(CC=C)C(=O)O. The van der Waals surface area contributed by atoms with Crippen LogP contribution in [0.1, 0.15) is 6.42 Å². The lowest BCUT2D eigenvalue weighted by molar-refractivity contribution is -0.132. The van der Waals surface area contributed by atoms with Crippen LogP contribution in [-0.4, -0.2) is 11.1 Å². The van der Waals surface area contributed by atoms with E-state index in [0.29, 0.717) is 6.42 Å². The lowest BCUT2D eigenvalue weighted by Gasteiger charge is -1.89. The van der Waals surface area contributed by atoms with Crippen LogP contribution in [0.5, 0.6) is 0 Å². The lowest BCUT2D eigenvalue weighted by Crippen LogP contribution is -1.97. The third kappa shape index (κ3) is 2.52. The zero-order valence-electron chi connectivity index (χ0n) is 5.05. The fraction of sp³-hybridized carbons (Fsp3) is 0.143. The summed E-state index contributed by atoms with van der Waals surface area (Å²) in [5.74, 6) is -0.982. The smallest absolute Gasteiger partial charge is 0.339 e. The third-order valence-electron chi connectivity index (χ3n) is 0.820. The highest BCUT2D eigenvalue weighted by atomic mass is 16.4. The molecule has 48 valence electrons. The number of carbonyl (C=O) groups is 1. The van der Waals surface area contributed by atoms with Crippen LogP contribution in [0.2, 0.25) is 0 Å². The Balaban J connectivity index is 4.18. The van der Waals surface area contributed by atoms with E-state index < -0.39 is 5.97 Å². The maximum Gasteiger partial charge on any atom is 0.339 e. The van der Waals surface area contributed by atoms with Crippen LogP contribution < -0.4 is 0 Å². The minimum absolute atomic E-state index is 0.157. The Morgan fingerprint density at radius 3 is 2.44 bits per heavy atom. The predicted octanol–water partition coefficient (Wildman–Crippen LogP) is 1.36. The Morgan fingerprint density at radius 1 is 1.78 bits per heavy atom. The highest BCUT2D eigenvalue weighted by Gasteiger charge is 2.00. The number of aliphatic carboxylic acids is 1. The van der Waals surface area contributed by atoms with Gasteiger partial charge >= 0.3 is 5.97 Å². The van der Waals surface area contributed by atoms with Gasteiger partial charge in [-0.1, -0.05) is 12.7 Å². The molecule has 0 aliphatic carbocycles. The summed E-state index contributed by atoms with van der Waals surface area (Å²) in [5, 5.41) is 8.32. The topological polar surface area (TPSA) is 37.3 Å². The van der Waals surface area contributed by atoms with Crippen molar-refractivity contribution in [3.05, 3.63) is 30.5 Å². The fourth-order valence-corrected chi connectivity index (χ4v) is 0.379. The molecule has 0 unspecified atom stereocenters. The molecule has 0 atom stereocenters. The van der Waals surface area contributed by atoms with Crippen LogP contribution in [0.3, 0.4) is 0 Å². The maximum absolute atomic E-state index is 10.1. The van der Waals surface area contributed by atoms with Gasteiger partial charge in [-0.25, -0.2) is 4.79 Å². The molecule has 0 saturated carbocycles. The number of allylic oxidation sites excluding steroid dienone is 1. The van der Waals surface area contributed by atoms with E-state index in [1.807, 2.05) is 0 Å². The Labute approximate surface area is 53.8 Å². The van der Waals surface area contributed by atoms with Gasteiger partial charge in [-0.2, -0.15) is 0 Å². The average molecular weight is 124 g/mol. The summed E-state index contributed by atoms with van der Waals surface area (Å²) in [6.45, 7) is 6.59. The summed E-state index contributed by atoms with van der Waals surface area (Å²) in [7, 11) is 0. The van der Waals surface area contributed by atoms with Crippen molar-refractivity contribution in [2.75, 3.05) is 0 Å². The second-order valence-corrected chi connectivity index (χ2v) is 1.45. The van der Waals surface area contributed by atoms with Gasteiger partial charge in [-0.05, 0) is 0 Å². The average Bonchev–Trinajstić information content (AvgIpc) is 1.82. The third-order valence-corrected chi connectivity index (χ3v) is 0.820. The van der Waals surface area contributed by atoms with Crippen molar-refractivity contribution in [3.8, 4) is 0 Å². The van der Waals surface area contributed by atoms with Crippen molar-refractivity contribution in [2.45, 2.75) is 6.42 Å². The Hall–Kier alpha value is -1.27. The molecule has 2 heteroatoms. The molecular weight excluding hydrogens is 116 g/mol. The first-order chi connectivity index (χ1) is 4.22. The molecule has 9 heavy (non-hydrogen) atoms. The molecule has 0 aliphatic rings. The molecule has 1 N–H and O–H groups in total. The Bertz CT molecular complexity index is 173. The highest BCUT2D eigenvalue weighted by Crippen LogP contribution is 1.97. The molecule has 0 heterocycles. The Morgan fingerprint density at radius 2 is 2.33 bits per heavy atom. The van der Waals surface area contributed by atoms with E-state index in [-0.39, 0.29) is 5.57 Å². The van der Waals surface area contributed by atoms with Crippen LogP contribution in [0.15, 0.2) is 30.5 Å². The molecule has 2 nitrogen and oxygen atoms in total. The van der Waals surface area contributed by atoms with Gasteiger partial charge in [-0.3, -0.25) is 0 Å². The number of carboxylic acids is 1. The van der Waals surface area contributed by atoms with Gasteiger partial charge in [0.15, 0.2) is 0 Å². The molecule has 0 radical (unpaired) electrons. The number of hydrogen-bond acceptors (Lipinski definition) is 1. The first kappa shape index (κ1) is 7.73. The van der Waals surface area contributed by atoms with Crippen LogP contribution in [0.25, 0.3) is 0 Å². The van der Waals surface area contributed by atoms with E-state index in [1.165, 1.54) is 6.08 Å². The molecule has 0 aromatic heterocycles. The lowest BCUT2D eigenvalue weighted by atomic mass is 10.2. The van der Waals surface area contributed by atoms with Gasteiger partial charge in [0.2, 0.25) is 0 Å². The zero-order valence-corrected chi connectivity index (χ0v) is 5.05. The Kier molecular flexibility index (Phi) is 3.18. The van der Waals surface area contributed by atoms with E-state index in [0.717, 1.165) is 0 Å². The number of rotatable bonds is 3. The highest BCUT2D eigenvalue weighted by molar-refractivity contribution is 5.86. The summed E-state index contributed by atoms with van der Waals surface area (Å²) in [4.78, 5) is 10.1. The van der Waals surface area contributed by atoms with Crippen molar-refractivity contribution in [1.82, 2.24) is 0 Å². The molecule has 0 rings (SSSR count). The summed E-state index contributed by atoms with van der Waals surface area (Å²) < 4.78 is 0. The molecule has 0 spiro atoms. The summed E-state index contributed by atoms with van der Waals surface area (Å²) in [6.07, 6.45) is 1.82. The fourth-order valence-electron chi connectivity index (χ4n) is 0.379. The maximum atomic E-state index is 10.1. The van der Waals surface area contributed by atoms with Gasteiger partial charge in [0.25, 0.3) is 0 Å². The van der Waals surface area contributed by atoms with E-state index in [2.05, 4.69) is 18.9 Å². The predicted molar refractivity (Wildman–Crippen MR) is 35.1 cm³/mol. The van der Waals surface area contributed by atoms with Gasteiger partial charge in [0, 0.05) is 6.42 Å². The monoisotopic (exact) mass is 124 g/mol. The molecule has 0 amide bonds. The molecule has 0 saturated heterocycles. The van der Waals surface area contributed by atoms with Gasteiger partial charge < -0.3 is 5.11 Å². The standard InChI is InChI=1S/C7H8O2/c1-3-5-6(4-2)7(8)9/h3H,1-2,5H2,(H,8,9). The first-order valence-corrected chi connectivity index (χ1v) is 2.45. The largest absolute Gasteiger partial charge is 0.477 e. The summed E-state index contributed by atoms with van der Waals surface area (Å²) in [6, 6.07) is 0. The molecule has 0 aromatic carbocycles. The van der Waals surface area contributed by atoms with E-state index >= 15 is 0 Å². The van der Waals surface area contributed by atoms with Gasteiger partial charge in [0.1, 0.15) is 0 Å². The molecule has 0 fully saturated rings. The van der Waals surface area contributed by atoms with Crippen molar-refractivity contribution >= 4 is 5.97 Å². The van der Waals surface area contributed by atoms with Gasteiger partial charge in [-0.15, -0.1) is 12.3 Å². The number of hydrogen-bond donors (Lipinski definition) is 1. The molecule has 0 aliphatic heterocycles. The zero-order chi connectivity index (χ0) is 7.28. The minimum atomic E-state index is -0.982. The minimum Gasteiger partial charge on any atom is -0.477 e. The quantitative estimate of drug-likeness (QED) is 0.350. The van der Waals surface area contributed by atoms with Crippen LogP contribution in [0, 0.1) is 0 Å². The molecular formula is C7H8O2. The van der Waals surface area contributed by atoms with E-state index in [9.17, 15) is 4.79 Å². The van der Waals surface area contributed by atoms with E-state index in [4.69, 9.17) is 5.11 Å². The van der Waals surface area contributed by atoms with E-state index in [1.54, 1.807) is 0 Å². The first-order valence-electron chi connectivity index (χ1n) is 2.45. The van der Waals surface area contributed by atoms with Crippen molar-refractivity contribution in [2.24, 2.45) is 0 Å². The van der Waals surface area contributed by atoms with Crippen molar-refractivity contribution in [3.63, 3.8) is 0 Å². The van der Waals surface area contributed by atoms with Crippen molar-refractivity contribution < 1.29 is 9.90 Å². The normalized spacial score (nSPS) is 7.56. The molecule has 0 bridgehead atoms. The van der Waals surface area contributed by atoms with Crippen LogP contribution >= 0.6 is 0 Å². The van der Waals surface area contributed by atoms with Crippen molar-refractivity contribution in [1.29, 1.82) is 0 Å². The van der Waals surface area contributed by atoms with Gasteiger partial charge in [0.05, 0.1) is 5.57 Å².